The number of carbonyl (C=O) groups is 2. The Kier molecular flexibility index (Phi) is 5.66. The predicted molar refractivity (Wildman–Crippen MR) is 40.3 cm³/mol. The van der Waals surface area contributed by atoms with E-state index in [-0.39, 0.29) is 19.4 Å². The molecule has 0 aromatic carbocycles. The molecule has 0 rings (SSSR count). The maximum Gasteiger partial charge on any atom is 0.422 e. The van der Waals surface area contributed by atoms with Gasteiger partial charge < -0.3 is 10.1 Å². The van der Waals surface area contributed by atoms with Crippen molar-refractivity contribution in [1.82, 2.24) is 5.32 Å². The molecule has 0 atom stereocenters. The van der Waals surface area contributed by atoms with Gasteiger partial charge in [0, 0.05) is 13.0 Å². The largest absolute Gasteiger partial charge is 0.456 e. The van der Waals surface area contributed by atoms with Crippen LogP contribution >= 0.6 is 0 Å². The number of carbonyl (C=O) groups excluding carboxylic acids is 2. The molecule has 0 unspecified atom stereocenters. The Labute approximate surface area is 78.4 Å². The first kappa shape index (κ1) is 12.7. The second kappa shape index (κ2) is 6.22. The van der Waals surface area contributed by atoms with Gasteiger partial charge in [0.2, 0.25) is 6.41 Å². The summed E-state index contributed by atoms with van der Waals surface area (Å²) < 4.78 is 38.5. The van der Waals surface area contributed by atoms with E-state index in [0.29, 0.717) is 6.41 Å². The molecule has 0 saturated heterocycles. The summed E-state index contributed by atoms with van der Waals surface area (Å²) in [7, 11) is 0. The van der Waals surface area contributed by atoms with Crippen LogP contribution < -0.4 is 5.32 Å². The molecule has 0 aliphatic heterocycles. The topological polar surface area (TPSA) is 55.4 Å². The van der Waals surface area contributed by atoms with Crippen molar-refractivity contribution < 1.29 is 27.5 Å². The van der Waals surface area contributed by atoms with Gasteiger partial charge in [0.15, 0.2) is 6.61 Å². The molecule has 0 fully saturated rings. The molecule has 0 aromatic heterocycles. The van der Waals surface area contributed by atoms with Gasteiger partial charge in [-0.1, -0.05) is 0 Å². The van der Waals surface area contributed by atoms with Gasteiger partial charge in [-0.3, -0.25) is 9.59 Å². The highest BCUT2D eigenvalue weighted by Crippen LogP contribution is 2.14. The van der Waals surface area contributed by atoms with Crippen LogP contribution in [0.25, 0.3) is 0 Å². The van der Waals surface area contributed by atoms with E-state index in [4.69, 9.17) is 0 Å². The molecule has 82 valence electrons. The van der Waals surface area contributed by atoms with Crippen LogP contribution in [0, 0.1) is 0 Å². The van der Waals surface area contributed by atoms with E-state index in [1.165, 1.54) is 0 Å². The molecule has 1 N–H and O–H groups in total. The number of rotatable bonds is 6. The van der Waals surface area contributed by atoms with Crippen LogP contribution in [-0.2, 0) is 14.3 Å². The lowest BCUT2D eigenvalue weighted by molar-refractivity contribution is -0.186. The van der Waals surface area contributed by atoms with E-state index in [2.05, 4.69) is 10.1 Å². The van der Waals surface area contributed by atoms with Gasteiger partial charge in [-0.25, -0.2) is 0 Å². The van der Waals surface area contributed by atoms with E-state index < -0.39 is 18.8 Å². The zero-order chi connectivity index (χ0) is 11.0. The molecule has 4 nitrogen and oxygen atoms in total. The van der Waals surface area contributed by atoms with Crippen LogP contribution in [-0.4, -0.2) is 31.7 Å². The summed E-state index contributed by atoms with van der Waals surface area (Å²) in [6, 6.07) is 0. The van der Waals surface area contributed by atoms with Crippen molar-refractivity contribution in [3.05, 3.63) is 0 Å². The summed E-state index contributed by atoms with van der Waals surface area (Å²) in [5.74, 6) is -0.921. The van der Waals surface area contributed by atoms with Gasteiger partial charge >= 0.3 is 12.1 Å². The normalized spacial score (nSPS) is 10.8. The van der Waals surface area contributed by atoms with Crippen molar-refractivity contribution in [2.45, 2.75) is 19.0 Å². The van der Waals surface area contributed by atoms with Gasteiger partial charge in [0.25, 0.3) is 0 Å². The number of amides is 1. The lowest BCUT2D eigenvalue weighted by Gasteiger charge is -2.07. The van der Waals surface area contributed by atoms with Crippen molar-refractivity contribution in [2.24, 2.45) is 0 Å². The van der Waals surface area contributed by atoms with Crippen LogP contribution in [0.5, 0.6) is 0 Å². The molecule has 1 amide bonds. The predicted octanol–water partition coefficient (Wildman–Crippen LogP) is 0.618. The summed E-state index contributed by atoms with van der Waals surface area (Å²) in [4.78, 5) is 20.3. The number of alkyl halides is 3. The van der Waals surface area contributed by atoms with Crippen molar-refractivity contribution in [2.75, 3.05) is 13.2 Å². The molecule has 0 saturated carbocycles. The summed E-state index contributed by atoms with van der Waals surface area (Å²) in [6.07, 6.45) is -3.93. The highest BCUT2D eigenvalue weighted by molar-refractivity contribution is 5.69. The molecular weight excluding hydrogens is 203 g/mol. The smallest absolute Gasteiger partial charge is 0.422 e. The maximum atomic E-state index is 11.5. The second-order valence-electron chi connectivity index (χ2n) is 2.45. The molecule has 0 aliphatic carbocycles. The fourth-order valence-corrected chi connectivity index (χ4v) is 0.628. The lowest BCUT2D eigenvalue weighted by atomic mass is 10.3. The lowest BCUT2D eigenvalue weighted by Crippen LogP contribution is -2.21. The maximum absolute atomic E-state index is 11.5. The Morgan fingerprint density at radius 3 is 2.57 bits per heavy atom. The molecule has 0 heterocycles. The summed E-state index contributed by atoms with van der Waals surface area (Å²) in [5, 5.41) is 2.27. The van der Waals surface area contributed by atoms with E-state index in [0.717, 1.165) is 0 Å². The number of hydrogen-bond acceptors (Lipinski definition) is 3. The van der Waals surface area contributed by atoms with E-state index in [1.54, 1.807) is 0 Å². The summed E-state index contributed by atoms with van der Waals surface area (Å²) in [5.41, 5.74) is 0. The number of ether oxygens (including phenoxy) is 1. The zero-order valence-corrected chi connectivity index (χ0v) is 7.26. The number of nitrogens with one attached hydrogen (secondary N) is 1. The van der Waals surface area contributed by atoms with Crippen LogP contribution in [0.2, 0.25) is 0 Å². The number of halogens is 3. The first-order valence-electron chi connectivity index (χ1n) is 3.85. The fraction of sp³-hybridized carbons (Fsp3) is 0.714. The molecular formula is C7H10F3NO3. The summed E-state index contributed by atoms with van der Waals surface area (Å²) >= 11 is 0. The van der Waals surface area contributed by atoms with Crippen LogP contribution in [0.4, 0.5) is 13.2 Å². The first-order chi connectivity index (χ1) is 6.45. The summed E-state index contributed by atoms with van der Waals surface area (Å²) in [6.45, 7) is -1.32. The molecule has 0 spiro atoms. The first-order valence-corrected chi connectivity index (χ1v) is 3.85. The fourth-order valence-electron chi connectivity index (χ4n) is 0.628. The van der Waals surface area contributed by atoms with Gasteiger partial charge in [-0.2, -0.15) is 13.2 Å². The Balaban J connectivity index is 3.42. The third kappa shape index (κ3) is 8.82. The second-order valence-corrected chi connectivity index (χ2v) is 2.45. The van der Waals surface area contributed by atoms with Crippen LogP contribution in [0.3, 0.4) is 0 Å². The molecule has 0 radical (unpaired) electrons. The molecule has 14 heavy (non-hydrogen) atoms. The molecule has 0 aromatic rings. The van der Waals surface area contributed by atoms with E-state index in [1.807, 2.05) is 0 Å². The number of esters is 1. The van der Waals surface area contributed by atoms with Crippen molar-refractivity contribution in [1.29, 1.82) is 0 Å². The quantitative estimate of drug-likeness (QED) is 0.399. The highest BCUT2D eigenvalue weighted by atomic mass is 19.4. The molecule has 0 aliphatic rings. The van der Waals surface area contributed by atoms with Gasteiger partial charge in [0.05, 0.1) is 0 Å². The zero-order valence-electron chi connectivity index (χ0n) is 7.26. The van der Waals surface area contributed by atoms with E-state index >= 15 is 0 Å². The monoisotopic (exact) mass is 213 g/mol. The number of hydrogen-bond donors (Lipinski definition) is 1. The van der Waals surface area contributed by atoms with Crippen molar-refractivity contribution in [3.63, 3.8) is 0 Å². The Morgan fingerprint density at radius 1 is 1.43 bits per heavy atom. The minimum Gasteiger partial charge on any atom is -0.456 e. The van der Waals surface area contributed by atoms with Crippen molar-refractivity contribution >= 4 is 12.4 Å². The highest BCUT2D eigenvalue weighted by Gasteiger charge is 2.29. The average Bonchev–Trinajstić information content (AvgIpc) is 2.08. The third-order valence-corrected chi connectivity index (χ3v) is 1.18. The Hall–Kier alpha value is -1.27. The third-order valence-electron chi connectivity index (χ3n) is 1.18. The van der Waals surface area contributed by atoms with Gasteiger partial charge in [0.1, 0.15) is 0 Å². The van der Waals surface area contributed by atoms with Gasteiger partial charge in [-0.05, 0) is 6.42 Å². The van der Waals surface area contributed by atoms with Crippen LogP contribution in [0.15, 0.2) is 0 Å². The molecule has 0 bridgehead atoms. The Morgan fingerprint density at radius 2 is 2.07 bits per heavy atom. The standard InChI is InChI=1S/C7H10F3NO3/c8-7(9,10)4-14-6(13)2-1-3-11-5-12/h5H,1-4H2,(H,11,12). The minimum absolute atomic E-state index is 0.142. The molecule has 7 heteroatoms. The minimum atomic E-state index is -4.49. The SMILES string of the molecule is O=CNCCCC(=O)OCC(F)(F)F. The Bertz CT molecular complexity index is 193. The van der Waals surface area contributed by atoms with E-state index in [9.17, 15) is 22.8 Å². The van der Waals surface area contributed by atoms with Crippen LogP contribution in [0.1, 0.15) is 12.8 Å². The van der Waals surface area contributed by atoms with Crippen molar-refractivity contribution in [3.8, 4) is 0 Å². The average molecular weight is 213 g/mol. The van der Waals surface area contributed by atoms with Gasteiger partial charge in [-0.15, -0.1) is 0 Å².